The summed E-state index contributed by atoms with van der Waals surface area (Å²) < 4.78 is 11.4. The number of Topliss-reactive ketones (excluding diaryl/α,β-unsaturated/α-hetero) is 1. The maximum absolute atomic E-state index is 11.9. The molecule has 1 fully saturated rings. The number of rotatable bonds is 5. The number of ketones is 1. The van der Waals surface area contributed by atoms with Crippen molar-refractivity contribution in [3.05, 3.63) is 59.4 Å². The van der Waals surface area contributed by atoms with Crippen LogP contribution < -0.4 is 4.74 Å². The first kappa shape index (κ1) is 15.8. The molecular formula is C21H20O4. The molecule has 4 nitrogen and oxygen atoms in total. The Hall–Kier alpha value is -2.75. The lowest BCUT2D eigenvalue weighted by atomic mass is 10.00. The molecule has 1 N–H and O–H groups in total. The molecule has 0 radical (unpaired) electrons. The Morgan fingerprint density at radius 2 is 2.04 bits per heavy atom. The van der Waals surface area contributed by atoms with Gasteiger partial charge in [0.15, 0.2) is 17.1 Å². The Morgan fingerprint density at radius 3 is 2.76 bits per heavy atom. The number of benzene rings is 2. The van der Waals surface area contributed by atoms with E-state index in [4.69, 9.17) is 9.15 Å². The van der Waals surface area contributed by atoms with E-state index in [-0.39, 0.29) is 17.3 Å². The zero-order valence-electron chi connectivity index (χ0n) is 14.3. The number of aromatic hydroxyl groups is 1. The molecule has 128 valence electrons. The summed E-state index contributed by atoms with van der Waals surface area (Å²) in [4.78, 5) is 11.9. The van der Waals surface area contributed by atoms with E-state index in [1.165, 1.54) is 12.5 Å². The van der Waals surface area contributed by atoms with Gasteiger partial charge in [0, 0.05) is 11.3 Å². The quantitative estimate of drug-likeness (QED) is 0.678. The van der Waals surface area contributed by atoms with E-state index in [1.54, 1.807) is 12.3 Å². The molecule has 4 rings (SSSR count). The Kier molecular flexibility index (Phi) is 3.75. The monoisotopic (exact) mass is 336 g/mol. The van der Waals surface area contributed by atoms with Crippen LogP contribution in [-0.4, -0.2) is 17.5 Å². The highest BCUT2D eigenvalue weighted by Crippen LogP contribution is 2.49. The number of aryl methyl sites for hydroxylation is 1. The predicted molar refractivity (Wildman–Crippen MR) is 95.4 cm³/mol. The number of fused-ring (bicyclic) bond motifs is 1. The lowest BCUT2D eigenvalue weighted by Gasteiger charge is -2.13. The molecule has 1 aromatic heterocycles. The molecule has 2 aromatic carbocycles. The van der Waals surface area contributed by atoms with Crippen LogP contribution in [0.5, 0.6) is 11.5 Å². The van der Waals surface area contributed by atoms with E-state index >= 15 is 0 Å². The van der Waals surface area contributed by atoms with Gasteiger partial charge in [-0.15, -0.1) is 0 Å². The summed E-state index contributed by atoms with van der Waals surface area (Å²) in [5.74, 6) is 0.873. The predicted octanol–water partition coefficient (Wildman–Crippen LogP) is 4.83. The van der Waals surface area contributed by atoms with Crippen LogP contribution in [0.3, 0.4) is 0 Å². The van der Waals surface area contributed by atoms with Crippen molar-refractivity contribution in [2.45, 2.75) is 26.2 Å². The van der Waals surface area contributed by atoms with Crippen molar-refractivity contribution >= 4 is 16.8 Å². The standard InChI is InChI=1S/C21H20O4/c1-12-16-8-9-24-20(16)21(19(23)18(12)13(2)22)25-11-15-10-17(15)14-6-4-3-5-7-14/h3-9,15,17,23H,10-11H2,1-2H3/t15-,17-/m1/s1. The summed E-state index contributed by atoms with van der Waals surface area (Å²) in [6.07, 6.45) is 2.62. The fourth-order valence-corrected chi connectivity index (χ4v) is 3.61. The number of furan rings is 1. The highest BCUT2D eigenvalue weighted by Gasteiger charge is 2.39. The van der Waals surface area contributed by atoms with Gasteiger partial charge in [-0.3, -0.25) is 4.79 Å². The van der Waals surface area contributed by atoms with Gasteiger partial charge in [0.2, 0.25) is 5.75 Å². The first-order valence-electron chi connectivity index (χ1n) is 8.49. The molecule has 3 aromatic rings. The summed E-state index contributed by atoms with van der Waals surface area (Å²) in [5, 5.41) is 11.4. The Morgan fingerprint density at radius 1 is 1.28 bits per heavy atom. The van der Waals surface area contributed by atoms with Gasteiger partial charge >= 0.3 is 0 Å². The van der Waals surface area contributed by atoms with Gasteiger partial charge in [0.25, 0.3) is 0 Å². The van der Waals surface area contributed by atoms with E-state index in [9.17, 15) is 9.90 Å². The Bertz CT molecular complexity index is 939. The average molecular weight is 336 g/mol. The van der Waals surface area contributed by atoms with Crippen LogP contribution in [0.1, 0.15) is 40.7 Å². The summed E-state index contributed by atoms with van der Waals surface area (Å²) in [6, 6.07) is 12.2. The van der Waals surface area contributed by atoms with Crippen molar-refractivity contribution < 1.29 is 19.1 Å². The van der Waals surface area contributed by atoms with Gasteiger partial charge in [0.1, 0.15) is 0 Å². The summed E-state index contributed by atoms with van der Waals surface area (Å²) in [6.45, 7) is 3.75. The van der Waals surface area contributed by atoms with Gasteiger partial charge in [0.05, 0.1) is 18.4 Å². The van der Waals surface area contributed by atoms with Crippen LogP contribution in [0.15, 0.2) is 47.1 Å². The third kappa shape index (κ3) is 2.68. The molecule has 1 aliphatic carbocycles. The Labute approximate surface area is 146 Å². The molecule has 4 heteroatoms. The molecule has 0 bridgehead atoms. The second-order valence-electron chi connectivity index (χ2n) is 6.72. The molecule has 1 heterocycles. The van der Waals surface area contributed by atoms with E-state index in [0.29, 0.717) is 29.6 Å². The summed E-state index contributed by atoms with van der Waals surface area (Å²) in [5.41, 5.74) is 2.84. The van der Waals surface area contributed by atoms with Gasteiger partial charge in [-0.25, -0.2) is 0 Å². The molecule has 0 unspecified atom stereocenters. The number of hydrogen-bond donors (Lipinski definition) is 1. The first-order valence-corrected chi connectivity index (χ1v) is 8.49. The van der Waals surface area contributed by atoms with Crippen LogP contribution in [0, 0.1) is 12.8 Å². The van der Waals surface area contributed by atoms with E-state index in [2.05, 4.69) is 12.1 Å². The van der Waals surface area contributed by atoms with Gasteiger partial charge < -0.3 is 14.3 Å². The molecule has 2 atom stereocenters. The minimum atomic E-state index is -0.184. The van der Waals surface area contributed by atoms with Crippen molar-refractivity contribution in [3.63, 3.8) is 0 Å². The molecule has 0 spiro atoms. The fraction of sp³-hybridized carbons (Fsp3) is 0.286. The van der Waals surface area contributed by atoms with Crippen LogP contribution in [0.2, 0.25) is 0 Å². The highest BCUT2D eigenvalue weighted by molar-refractivity contribution is 6.05. The lowest BCUT2D eigenvalue weighted by Crippen LogP contribution is -2.05. The van der Waals surface area contributed by atoms with Crippen LogP contribution in [0.4, 0.5) is 0 Å². The summed E-state index contributed by atoms with van der Waals surface area (Å²) in [7, 11) is 0. The Balaban J connectivity index is 1.60. The molecule has 1 aliphatic rings. The molecule has 25 heavy (non-hydrogen) atoms. The van der Waals surface area contributed by atoms with Crippen molar-refractivity contribution in [1.29, 1.82) is 0 Å². The minimum absolute atomic E-state index is 0.121. The summed E-state index contributed by atoms with van der Waals surface area (Å²) >= 11 is 0. The van der Waals surface area contributed by atoms with Crippen molar-refractivity contribution in [2.24, 2.45) is 5.92 Å². The number of phenols is 1. The normalized spacial score (nSPS) is 19.1. The van der Waals surface area contributed by atoms with E-state index in [0.717, 1.165) is 17.4 Å². The zero-order chi connectivity index (χ0) is 17.6. The lowest BCUT2D eigenvalue weighted by molar-refractivity contribution is 0.101. The van der Waals surface area contributed by atoms with Crippen molar-refractivity contribution in [1.82, 2.24) is 0 Å². The van der Waals surface area contributed by atoms with Crippen LogP contribution in [-0.2, 0) is 0 Å². The van der Waals surface area contributed by atoms with Crippen LogP contribution >= 0.6 is 0 Å². The largest absolute Gasteiger partial charge is 0.504 e. The maximum atomic E-state index is 11.9. The van der Waals surface area contributed by atoms with Crippen molar-refractivity contribution in [3.8, 4) is 11.5 Å². The highest BCUT2D eigenvalue weighted by atomic mass is 16.5. The molecular weight excluding hydrogens is 316 g/mol. The van der Waals surface area contributed by atoms with E-state index in [1.807, 2.05) is 25.1 Å². The smallest absolute Gasteiger partial charge is 0.205 e. The number of ether oxygens (including phenoxy) is 1. The SMILES string of the molecule is CC(=O)c1c(O)c(OC[C@H]2C[C@@H]2c2ccccc2)c2occc2c1C. The number of hydrogen-bond acceptors (Lipinski definition) is 4. The first-order chi connectivity index (χ1) is 12.1. The number of carbonyl (C=O) groups excluding carboxylic acids is 1. The van der Waals surface area contributed by atoms with Gasteiger partial charge in [-0.2, -0.15) is 0 Å². The number of phenolic OH excluding ortho intramolecular Hbond substituents is 1. The minimum Gasteiger partial charge on any atom is -0.504 e. The maximum Gasteiger partial charge on any atom is 0.205 e. The third-order valence-corrected chi connectivity index (χ3v) is 5.05. The zero-order valence-corrected chi connectivity index (χ0v) is 14.3. The number of carbonyl (C=O) groups is 1. The molecule has 0 saturated heterocycles. The third-order valence-electron chi connectivity index (χ3n) is 5.05. The van der Waals surface area contributed by atoms with Crippen LogP contribution in [0.25, 0.3) is 11.0 Å². The van der Waals surface area contributed by atoms with Gasteiger partial charge in [-0.1, -0.05) is 30.3 Å². The molecule has 0 aliphatic heterocycles. The van der Waals surface area contributed by atoms with E-state index < -0.39 is 0 Å². The topological polar surface area (TPSA) is 59.7 Å². The second kappa shape index (κ2) is 5.96. The molecule has 0 amide bonds. The average Bonchev–Trinajstić information content (AvgIpc) is 3.20. The van der Waals surface area contributed by atoms with Gasteiger partial charge in [-0.05, 0) is 43.4 Å². The van der Waals surface area contributed by atoms with Crippen molar-refractivity contribution in [2.75, 3.05) is 6.61 Å². The fourth-order valence-electron chi connectivity index (χ4n) is 3.61. The second-order valence-corrected chi connectivity index (χ2v) is 6.72. The molecule has 1 saturated carbocycles.